The second-order valence-corrected chi connectivity index (χ2v) is 5.43. The zero-order valence-corrected chi connectivity index (χ0v) is 9.15. The van der Waals surface area contributed by atoms with Gasteiger partial charge in [0.05, 0.1) is 0 Å². The van der Waals surface area contributed by atoms with Crippen molar-refractivity contribution in [3.05, 3.63) is 0 Å². The van der Waals surface area contributed by atoms with Crippen molar-refractivity contribution in [1.29, 1.82) is 0 Å². The summed E-state index contributed by atoms with van der Waals surface area (Å²) in [5, 5.41) is 0. The van der Waals surface area contributed by atoms with Crippen LogP contribution in [0.15, 0.2) is 0 Å². The van der Waals surface area contributed by atoms with E-state index in [9.17, 15) is 0 Å². The van der Waals surface area contributed by atoms with Gasteiger partial charge in [-0.3, -0.25) is 0 Å². The molecule has 0 radical (unpaired) electrons. The molecule has 0 nitrogen and oxygen atoms in total. The fourth-order valence-electron chi connectivity index (χ4n) is 3.61. The van der Waals surface area contributed by atoms with E-state index in [0.717, 1.165) is 11.3 Å². The molecule has 13 heavy (non-hydrogen) atoms. The van der Waals surface area contributed by atoms with Gasteiger partial charge in [-0.1, -0.05) is 39.0 Å². The van der Waals surface area contributed by atoms with Crippen LogP contribution < -0.4 is 0 Å². The molecule has 0 heterocycles. The summed E-state index contributed by atoms with van der Waals surface area (Å²) in [5.74, 6) is 1.08. The second-order valence-electron chi connectivity index (χ2n) is 5.43. The lowest BCUT2D eigenvalue weighted by Crippen LogP contribution is -2.15. The maximum absolute atomic E-state index is 2.38. The van der Waals surface area contributed by atoms with Crippen LogP contribution in [0.4, 0.5) is 0 Å². The average Bonchev–Trinajstić information content (AvgIpc) is 2.40. The van der Waals surface area contributed by atoms with Crippen molar-refractivity contribution < 1.29 is 0 Å². The van der Waals surface area contributed by atoms with Crippen LogP contribution in [-0.2, 0) is 0 Å². The first kappa shape index (κ1) is 9.55. The Morgan fingerprint density at radius 1 is 1.00 bits per heavy atom. The Morgan fingerprint density at radius 3 is 2.23 bits per heavy atom. The van der Waals surface area contributed by atoms with E-state index in [-0.39, 0.29) is 0 Å². The standard InChI is InChI=1S/C13H24/c1-2-12-7-10-13(11-12)8-5-3-4-6-9-13/h12H,2-11H2,1H3. The molecule has 1 atom stereocenters. The molecular weight excluding hydrogens is 156 g/mol. The molecule has 2 fully saturated rings. The van der Waals surface area contributed by atoms with Crippen LogP contribution in [0.2, 0.25) is 0 Å². The zero-order valence-electron chi connectivity index (χ0n) is 9.15. The van der Waals surface area contributed by atoms with Crippen LogP contribution in [0, 0.1) is 11.3 Å². The predicted molar refractivity (Wildman–Crippen MR) is 57.8 cm³/mol. The lowest BCUT2D eigenvalue weighted by atomic mass is 9.78. The summed E-state index contributed by atoms with van der Waals surface area (Å²) in [7, 11) is 0. The van der Waals surface area contributed by atoms with Gasteiger partial charge in [-0.25, -0.2) is 0 Å². The molecule has 0 aromatic heterocycles. The largest absolute Gasteiger partial charge is 0.0651 e. The molecule has 0 saturated heterocycles. The summed E-state index contributed by atoms with van der Waals surface area (Å²) in [4.78, 5) is 0. The highest BCUT2D eigenvalue weighted by molar-refractivity contribution is 4.89. The van der Waals surface area contributed by atoms with Gasteiger partial charge in [0.25, 0.3) is 0 Å². The molecule has 0 aliphatic heterocycles. The third kappa shape index (κ3) is 2.08. The van der Waals surface area contributed by atoms with Crippen molar-refractivity contribution in [1.82, 2.24) is 0 Å². The Morgan fingerprint density at radius 2 is 1.69 bits per heavy atom. The van der Waals surface area contributed by atoms with E-state index in [1.807, 2.05) is 0 Å². The minimum absolute atomic E-state index is 0.831. The molecule has 2 rings (SSSR count). The number of hydrogen-bond donors (Lipinski definition) is 0. The van der Waals surface area contributed by atoms with Crippen LogP contribution in [-0.4, -0.2) is 0 Å². The predicted octanol–water partition coefficient (Wildman–Crippen LogP) is 4.54. The SMILES string of the molecule is CCC1CCC2(CCCCCC2)C1. The van der Waals surface area contributed by atoms with Gasteiger partial charge >= 0.3 is 0 Å². The van der Waals surface area contributed by atoms with Gasteiger partial charge in [-0.05, 0) is 43.4 Å². The number of rotatable bonds is 1. The third-order valence-electron chi connectivity index (χ3n) is 4.55. The fourth-order valence-corrected chi connectivity index (χ4v) is 3.61. The highest BCUT2D eigenvalue weighted by atomic mass is 14.4. The Hall–Kier alpha value is 0. The third-order valence-corrected chi connectivity index (χ3v) is 4.55. The second kappa shape index (κ2) is 4.02. The maximum atomic E-state index is 2.38. The smallest absolute Gasteiger partial charge is 0.0295 e. The van der Waals surface area contributed by atoms with E-state index in [0.29, 0.717) is 0 Å². The Balaban J connectivity index is 1.95. The van der Waals surface area contributed by atoms with Gasteiger partial charge in [0.1, 0.15) is 0 Å². The first-order chi connectivity index (χ1) is 6.35. The minimum Gasteiger partial charge on any atom is -0.0651 e. The van der Waals surface area contributed by atoms with Gasteiger partial charge in [0.15, 0.2) is 0 Å². The molecule has 0 heteroatoms. The van der Waals surface area contributed by atoms with E-state index in [1.165, 1.54) is 38.5 Å². The van der Waals surface area contributed by atoms with E-state index in [2.05, 4.69) is 6.92 Å². The van der Waals surface area contributed by atoms with E-state index >= 15 is 0 Å². The Labute approximate surface area is 83.1 Å². The van der Waals surface area contributed by atoms with E-state index < -0.39 is 0 Å². The Kier molecular flexibility index (Phi) is 2.96. The lowest BCUT2D eigenvalue weighted by Gasteiger charge is -2.27. The lowest BCUT2D eigenvalue weighted by molar-refractivity contribution is 0.241. The van der Waals surface area contributed by atoms with Gasteiger partial charge < -0.3 is 0 Å². The molecule has 0 amide bonds. The minimum atomic E-state index is 0.831. The normalized spacial score (nSPS) is 33.5. The first-order valence-corrected chi connectivity index (χ1v) is 6.35. The highest BCUT2D eigenvalue weighted by Gasteiger charge is 2.37. The summed E-state index contributed by atoms with van der Waals surface area (Å²) in [6.45, 7) is 2.38. The molecule has 2 aliphatic rings. The molecule has 0 aromatic carbocycles. The quantitative estimate of drug-likeness (QED) is 0.556. The molecular formula is C13H24. The maximum Gasteiger partial charge on any atom is -0.0295 e. The summed E-state index contributed by atoms with van der Waals surface area (Å²) in [6.07, 6.45) is 15.3. The van der Waals surface area contributed by atoms with Crippen LogP contribution in [0.3, 0.4) is 0 Å². The van der Waals surface area contributed by atoms with Crippen molar-refractivity contribution in [3.63, 3.8) is 0 Å². The molecule has 0 N–H and O–H groups in total. The summed E-state index contributed by atoms with van der Waals surface area (Å²) in [5.41, 5.74) is 0.831. The highest BCUT2D eigenvalue weighted by Crippen LogP contribution is 2.51. The monoisotopic (exact) mass is 180 g/mol. The molecule has 0 aromatic rings. The zero-order chi connectivity index (χ0) is 9.15. The van der Waals surface area contributed by atoms with Crippen molar-refractivity contribution in [2.45, 2.75) is 71.1 Å². The topological polar surface area (TPSA) is 0 Å². The van der Waals surface area contributed by atoms with Gasteiger partial charge in [-0.2, -0.15) is 0 Å². The summed E-state index contributed by atoms with van der Waals surface area (Å²) < 4.78 is 0. The first-order valence-electron chi connectivity index (χ1n) is 6.35. The fraction of sp³-hybridized carbons (Fsp3) is 1.00. The van der Waals surface area contributed by atoms with Gasteiger partial charge in [0.2, 0.25) is 0 Å². The molecule has 0 bridgehead atoms. The Bertz CT molecular complexity index is 151. The van der Waals surface area contributed by atoms with Crippen molar-refractivity contribution >= 4 is 0 Å². The molecule has 1 spiro atoms. The molecule has 1 unspecified atom stereocenters. The van der Waals surface area contributed by atoms with Gasteiger partial charge in [0, 0.05) is 0 Å². The van der Waals surface area contributed by atoms with Gasteiger partial charge in [-0.15, -0.1) is 0 Å². The van der Waals surface area contributed by atoms with Crippen LogP contribution >= 0.6 is 0 Å². The molecule has 2 aliphatic carbocycles. The van der Waals surface area contributed by atoms with Crippen molar-refractivity contribution in [2.75, 3.05) is 0 Å². The summed E-state index contributed by atoms with van der Waals surface area (Å²) >= 11 is 0. The summed E-state index contributed by atoms with van der Waals surface area (Å²) in [6, 6.07) is 0. The van der Waals surface area contributed by atoms with E-state index in [1.54, 1.807) is 25.7 Å². The van der Waals surface area contributed by atoms with Crippen LogP contribution in [0.5, 0.6) is 0 Å². The van der Waals surface area contributed by atoms with Crippen LogP contribution in [0.1, 0.15) is 71.1 Å². The number of hydrogen-bond acceptors (Lipinski definition) is 0. The molecule has 2 saturated carbocycles. The van der Waals surface area contributed by atoms with E-state index in [4.69, 9.17) is 0 Å². The average molecular weight is 180 g/mol. The molecule has 76 valence electrons. The van der Waals surface area contributed by atoms with Crippen molar-refractivity contribution in [2.24, 2.45) is 11.3 Å². The van der Waals surface area contributed by atoms with Crippen LogP contribution in [0.25, 0.3) is 0 Å². The van der Waals surface area contributed by atoms with Crippen molar-refractivity contribution in [3.8, 4) is 0 Å².